The van der Waals surface area contributed by atoms with Crippen molar-refractivity contribution in [3.63, 3.8) is 0 Å². The minimum atomic E-state index is -3.78. The number of nitrogens with zero attached hydrogens (tertiary/aromatic N) is 1. The molecule has 0 amide bonds. The van der Waals surface area contributed by atoms with Gasteiger partial charge in [0.2, 0.25) is 10.0 Å². The smallest absolute Gasteiger partial charge is 0.243 e. The van der Waals surface area contributed by atoms with Gasteiger partial charge in [-0.2, -0.15) is 4.31 Å². The van der Waals surface area contributed by atoms with Crippen LogP contribution in [0.5, 0.6) is 0 Å². The van der Waals surface area contributed by atoms with Crippen molar-refractivity contribution in [3.8, 4) is 0 Å². The maximum absolute atomic E-state index is 13.1. The zero-order chi connectivity index (χ0) is 18.3. The van der Waals surface area contributed by atoms with E-state index >= 15 is 0 Å². The number of rotatable bonds is 10. The fourth-order valence-corrected chi connectivity index (χ4v) is 4.54. The maximum Gasteiger partial charge on any atom is 0.243 e. The van der Waals surface area contributed by atoms with E-state index < -0.39 is 16.1 Å². The highest BCUT2D eigenvalue weighted by molar-refractivity contribution is 7.89. The first-order valence-electron chi connectivity index (χ1n) is 8.11. The van der Waals surface area contributed by atoms with E-state index in [1.165, 1.54) is 22.5 Å². The summed E-state index contributed by atoms with van der Waals surface area (Å²) >= 11 is 5.97. The highest BCUT2D eigenvalue weighted by Gasteiger charge is 2.31. The second kappa shape index (κ2) is 9.58. The monoisotopic (exact) mass is 377 g/mol. The topological polar surface area (TPSA) is 110 Å². The van der Waals surface area contributed by atoms with Crippen LogP contribution in [-0.4, -0.2) is 43.6 Å². The molecule has 0 saturated carbocycles. The lowest BCUT2D eigenvalue weighted by Crippen LogP contribution is -2.44. The van der Waals surface area contributed by atoms with Crippen LogP contribution in [0.3, 0.4) is 0 Å². The number of benzene rings is 1. The number of unbranched alkanes of at least 4 members (excludes halogenated alkanes) is 1. The summed E-state index contributed by atoms with van der Waals surface area (Å²) in [6, 6.07) is 3.79. The molecular formula is C16H28ClN3O3S. The minimum absolute atomic E-state index is 0.0830. The number of aliphatic hydroxyl groups excluding tert-OH is 1. The summed E-state index contributed by atoms with van der Waals surface area (Å²) in [6.45, 7) is 4.50. The number of nitrogen functional groups attached to an aromatic ring is 1. The van der Waals surface area contributed by atoms with E-state index in [2.05, 4.69) is 0 Å². The number of halogens is 1. The number of sulfonamides is 1. The molecule has 0 unspecified atom stereocenters. The Morgan fingerprint density at radius 3 is 2.46 bits per heavy atom. The van der Waals surface area contributed by atoms with E-state index in [1.54, 1.807) is 0 Å². The van der Waals surface area contributed by atoms with Crippen molar-refractivity contribution in [2.45, 2.75) is 44.0 Å². The Labute approximate surface area is 149 Å². The van der Waals surface area contributed by atoms with Gasteiger partial charge in [0.25, 0.3) is 0 Å². The van der Waals surface area contributed by atoms with E-state index in [9.17, 15) is 13.5 Å². The molecule has 0 aliphatic heterocycles. The number of hydrogen-bond donors (Lipinski definition) is 3. The van der Waals surface area contributed by atoms with Crippen LogP contribution in [0.2, 0.25) is 5.02 Å². The molecule has 1 atom stereocenters. The Kier molecular flexibility index (Phi) is 8.45. The van der Waals surface area contributed by atoms with E-state index in [-0.39, 0.29) is 22.4 Å². The van der Waals surface area contributed by atoms with Crippen LogP contribution in [-0.2, 0) is 10.0 Å². The summed E-state index contributed by atoms with van der Waals surface area (Å²) in [5, 5.41) is 9.93. The molecule has 1 aromatic rings. The van der Waals surface area contributed by atoms with Crippen LogP contribution in [0.1, 0.15) is 33.1 Å². The molecule has 0 aromatic heterocycles. The van der Waals surface area contributed by atoms with Crippen molar-refractivity contribution in [3.05, 3.63) is 23.2 Å². The SMILES string of the molecule is CC(C)CN([C@H](CO)CCCCN)S(=O)(=O)c1ccc(N)c(Cl)c1. The summed E-state index contributed by atoms with van der Waals surface area (Å²) in [7, 11) is -3.78. The summed E-state index contributed by atoms with van der Waals surface area (Å²) in [5.41, 5.74) is 11.5. The molecule has 0 bridgehead atoms. The fourth-order valence-electron chi connectivity index (χ4n) is 2.46. The van der Waals surface area contributed by atoms with E-state index in [0.717, 1.165) is 12.8 Å². The Balaban J connectivity index is 3.17. The molecule has 0 saturated heterocycles. The largest absolute Gasteiger partial charge is 0.398 e. The van der Waals surface area contributed by atoms with Crippen molar-refractivity contribution in [2.75, 3.05) is 25.4 Å². The summed E-state index contributed by atoms with van der Waals surface area (Å²) in [4.78, 5) is 0.0830. The third-order valence-corrected chi connectivity index (χ3v) is 5.97. The Morgan fingerprint density at radius 2 is 1.96 bits per heavy atom. The predicted molar refractivity (Wildman–Crippen MR) is 98.4 cm³/mol. The average molecular weight is 378 g/mol. The van der Waals surface area contributed by atoms with E-state index in [4.69, 9.17) is 23.1 Å². The van der Waals surface area contributed by atoms with Crippen LogP contribution >= 0.6 is 11.6 Å². The molecule has 8 heteroatoms. The number of anilines is 1. The molecule has 0 heterocycles. The van der Waals surface area contributed by atoms with Gasteiger partial charge in [-0.05, 0) is 43.5 Å². The summed E-state index contributed by atoms with van der Waals surface area (Å²) in [5.74, 6) is 0.118. The van der Waals surface area contributed by atoms with Crippen molar-refractivity contribution in [1.82, 2.24) is 4.31 Å². The van der Waals surface area contributed by atoms with Crippen LogP contribution in [0.15, 0.2) is 23.1 Å². The van der Waals surface area contributed by atoms with Gasteiger partial charge in [0.05, 0.1) is 22.2 Å². The molecule has 1 rings (SSSR count). The quantitative estimate of drug-likeness (QED) is 0.427. The molecule has 24 heavy (non-hydrogen) atoms. The lowest BCUT2D eigenvalue weighted by atomic mass is 10.1. The fraction of sp³-hybridized carbons (Fsp3) is 0.625. The molecule has 1 aromatic carbocycles. The molecule has 0 spiro atoms. The van der Waals surface area contributed by atoms with Crippen LogP contribution in [0.4, 0.5) is 5.69 Å². The first-order valence-corrected chi connectivity index (χ1v) is 9.93. The molecule has 0 fully saturated rings. The van der Waals surface area contributed by atoms with Gasteiger partial charge in [0, 0.05) is 12.6 Å². The van der Waals surface area contributed by atoms with Gasteiger partial charge in [-0.25, -0.2) is 8.42 Å². The highest BCUT2D eigenvalue weighted by atomic mass is 35.5. The average Bonchev–Trinajstić information content (AvgIpc) is 2.52. The van der Waals surface area contributed by atoms with Gasteiger partial charge in [-0.15, -0.1) is 0 Å². The van der Waals surface area contributed by atoms with Crippen LogP contribution < -0.4 is 11.5 Å². The van der Waals surface area contributed by atoms with Gasteiger partial charge < -0.3 is 16.6 Å². The molecule has 0 aliphatic rings. The second-order valence-electron chi connectivity index (χ2n) is 6.27. The standard InChI is InChI=1S/C16H28ClN3O3S/c1-12(2)10-20(13(11-21)5-3-4-8-18)24(22,23)14-6-7-16(19)15(17)9-14/h6-7,9,12-13,21H,3-5,8,10-11,18-19H2,1-2H3/t13-/m0/s1. The number of nitrogens with two attached hydrogens (primary N) is 2. The van der Waals surface area contributed by atoms with Crippen LogP contribution in [0.25, 0.3) is 0 Å². The zero-order valence-corrected chi connectivity index (χ0v) is 15.9. The Morgan fingerprint density at radius 1 is 1.29 bits per heavy atom. The lowest BCUT2D eigenvalue weighted by Gasteiger charge is -2.31. The summed E-state index contributed by atoms with van der Waals surface area (Å²) < 4.78 is 27.5. The van der Waals surface area contributed by atoms with Crippen molar-refractivity contribution < 1.29 is 13.5 Å². The predicted octanol–water partition coefficient (Wildman–Crippen LogP) is 2.06. The molecule has 138 valence electrons. The van der Waals surface area contributed by atoms with Gasteiger partial charge in [0.1, 0.15) is 0 Å². The van der Waals surface area contributed by atoms with Crippen LogP contribution in [0, 0.1) is 5.92 Å². The molecule has 6 nitrogen and oxygen atoms in total. The highest BCUT2D eigenvalue weighted by Crippen LogP contribution is 2.27. The van der Waals surface area contributed by atoms with Gasteiger partial charge in [-0.1, -0.05) is 31.9 Å². The Bertz CT molecular complexity index is 623. The second-order valence-corrected chi connectivity index (χ2v) is 8.57. The number of hydrogen-bond acceptors (Lipinski definition) is 5. The first kappa shape index (κ1) is 21.2. The van der Waals surface area contributed by atoms with E-state index in [1.807, 2.05) is 13.8 Å². The zero-order valence-electron chi connectivity index (χ0n) is 14.3. The molecule has 0 radical (unpaired) electrons. The molecule has 5 N–H and O–H groups in total. The van der Waals surface area contributed by atoms with Gasteiger partial charge >= 0.3 is 0 Å². The third kappa shape index (κ3) is 5.60. The summed E-state index contributed by atoms with van der Waals surface area (Å²) in [6.07, 6.45) is 2.11. The van der Waals surface area contributed by atoms with Gasteiger partial charge in [-0.3, -0.25) is 0 Å². The van der Waals surface area contributed by atoms with Gasteiger partial charge in [0.15, 0.2) is 0 Å². The first-order chi connectivity index (χ1) is 11.2. The van der Waals surface area contributed by atoms with Crippen molar-refractivity contribution >= 4 is 27.3 Å². The minimum Gasteiger partial charge on any atom is -0.398 e. The number of aliphatic hydroxyl groups is 1. The van der Waals surface area contributed by atoms with Crippen molar-refractivity contribution in [1.29, 1.82) is 0 Å². The van der Waals surface area contributed by atoms with E-state index in [0.29, 0.717) is 25.2 Å². The van der Waals surface area contributed by atoms with Crippen molar-refractivity contribution in [2.24, 2.45) is 11.7 Å². The molecule has 0 aliphatic carbocycles. The maximum atomic E-state index is 13.1. The lowest BCUT2D eigenvalue weighted by molar-refractivity contribution is 0.168. The third-order valence-electron chi connectivity index (χ3n) is 3.73. The Hall–Kier alpha value is -0.860. The normalized spacial score (nSPS) is 13.6. The molecular weight excluding hydrogens is 350 g/mol.